The predicted molar refractivity (Wildman–Crippen MR) is 67.8 cm³/mol. The Morgan fingerprint density at radius 3 is 2.56 bits per heavy atom. The molecule has 3 heteroatoms. The highest BCUT2D eigenvalue weighted by Crippen LogP contribution is 2.15. The van der Waals surface area contributed by atoms with Crippen molar-refractivity contribution in [3.8, 4) is 0 Å². The zero-order valence-electron chi connectivity index (χ0n) is 10.4. The maximum atomic E-state index is 11.5. The van der Waals surface area contributed by atoms with Crippen molar-refractivity contribution in [1.29, 1.82) is 0 Å². The van der Waals surface area contributed by atoms with Gasteiger partial charge in [-0.1, -0.05) is 31.5 Å². The minimum Gasteiger partial charge on any atom is -0.338 e. The Morgan fingerprint density at radius 1 is 1.31 bits per heavy atom. The third kappa shape index (κ3) is 3.93. The zero-order valence-corrected chi connectivity index (χ0v) is 10.4. The maximum Gasteiger partial charge on any atom is 0.319 e. The third-order valence-corrected chi connectivity index (χ3v) is 2.30. The topological polar surface area (TPSA) is 41.1 Å². The van der Waals surface area contributed by atoms with Gasteiger partial charge < -0.3 is 10.6 Å². The number of rotatable bonds is 3. The third-order valence-electron chi connectivity index (χ3n) is 2.30. The summed E-state index contributed by atoms with van der Waals surface area (Å²) >= 11 is 0. The lowest BCUT2D eigenvalue weighted by Crippen LogP contribution is -2.31. The van der Waals surface area contributed by atoms with Crippen LogP contribution in [0.5, 0.6) is 0 Å². The van der Waals surface area contributed by atoms with Crippen molar-refractivity contribution in [2.24, 2.45) is 5.92 Å². The van der Waals surface area contributed by atoms with E-state index >= 15 is 0 Å². The fourth-order valence-corrected chi connectivity index (χ4v) is 1.42. The lowest BCUT2D eigenvalue weighted by molar-refractivity contribution is 0.251. The Labute approximate surface area is 97.2 Å². The van der Waals surface area contributed by atoms with E-state index in [1.807, 2.05) is 26.0 Å². The highest BCUT2D eigenvalue weighted by molar-refractivity contribution is 5.90. The number of anilines is 1. The largest absolute Gasteiger partial charge is 0.338 e. The zero-order chi connectivity index (χ0) is 12.1. The highest BCUT2D eigenvalue weighted by atomic mass is 16.2. The molecule has 1 aromatic carbocycles. The van der Waals surface area contributed by atoms with Crippen molar-refractivity contribution in [3.05, 3.63) is 29.3 Å². The minimum absolute atomic E-state index is 0.138. The first-order valence-corrected chi connectivity index (χ1v) is 5.61. The molecule has 0 aromatic heterocycles. The first-order valence-electron chi connectivity index (χ1n) is 5.61. The Kier molecular flexibility index (Phi) is 4.35. The van der Waals surface area contributed by atoms with Crippen LogP contribution >= 0.6 is 0 Å². The van der Waals surface area contributed by atoms with E-state index in [4.69, 9.17) is 0 Å². The quantitative estimate of drug-likeness (QED) is 0.807. The van der Waals surface area contributed by atoms with Crippen LogP contribution in [0.2, 0.25) is 0 Å². The van der Waals surface area contributed by atoms with Crippen LogP contribution in [-0.2, 0) is 0 Å². The summed E-state index contributed by atoms with van der Waals surface area (Å²) in [7, 11) is 0. The summed E-state index contributed by atoms with van der Waals surface area (Å²) in [5.74, 6) is 0.463. The maximum absolute atomic E-state index is 11.5. The van der Waals surface area contributed by atoms with Crippen molar-refractivity contribution in [2.75, 3.05) is 11.9 Å². The number of nitrogens with one attached hydrogen (secondary N) is 2. The van der Waals surface area contributed by atoms with Crippen LogP contribution in [0.4, 0.5) is 10.5 Å². The molecule has 16 heavy (non-hydrogen) atoms. The number of urea groups is 1. The average Bonchev–Trinajstić information content (AvgIpc) is 2.19. The summed E-state index contributed by atoms with van der Waals surface area (Å²) in [6, 6.07) is 5.84. The van der Waals surface area contributed by atoms with Gasteiger partial charge in [-0.25, -0.2) is 4.79 Å². The van der Waals surface area contributed by atoms with Gasteiger partial charge in [0.2, 0.25) is 0 Å². The van der Waals surface area contributed by atoms with Crippen molar-refractivity contribution < 1.29 is 4.79 Å². The fraction of sp³-hybridized carbons (Fsp3) is 0.462. The number of carbonyl (C=O) groups is 1. The lowest BCUT2D eigenvalue weighted by Gasteiger charge is -2.11. The standard InChI is InChI=1S/C13H20N2O/c1-9(2)8-14-13(16)15-12-6-5-10(3)7-11(12)4/h5-7,9H,8H2,1-4H3,(H2,14,15,16). The number of aryl methyl sites for hydroxylation is 2. The molecule has 0 aliphatic carbocycles. The fourth-order valence-electron chi connectivity index (χ4n) is 1.42. The molecule has 3 nitrogen and oxygen atoms in total. The van der Waals surface area contributed by atoms with Gasteiger partial charge in [-0.05, 0) is 31.4 Å². The molecule has 2 N–H and O–H groups in total. The molecule has 0 saturated carbocycles. The van der Waals surface area contributed by atoms with Gasteiger partial charge in [0.15, 0.2) is 0 Å². The van der Waals surface area contributed by atoms with E-state index in [1.54, 1.807) is 0 Å². The molecule has 1 aromatic rings. The van der Waals surface area contributed by atoms with Crippen LogP contribution in [0.3, 0.4) is 0 Å². The lowest BCUT2D eigenvalue weighted by atomic mass is 10.1. The number of carbonyl (C=O) groups excluding carboxylic acids is 1. The second kappa shape index (κ2) is 5.54. The summed E-state index contributed by atoms with van der Waals surface area (Å²) < 4.78 is 0. The molecule has 1 rings (SSSR count). The molecular weight excluding hydrogens is 200 g/mol. The Morgan fingerprint density at radius 2 is 2.00 bits per heavy atom. The van der Waals surface area contributed by atoms with Gasteiger partial charge in [-0.2, -0.15) is 0 Å². The number of hydrogen-bond donors (Lipinski definition) is 2. The van der Waals surface area contributed by atoms with Crippen LogP contribution in [0.1, 0.15) is 25.0 Å². The minimum atomic E-state index is -0.138. The summed E-state index contributed by atoms with van der Waals surface area (Å²) in [5.41, 5.74) is 3.15. The molecule has 0 unspecified atom stereocenters. The van der Waals surface area contributed by atoms with E-state index < -0.39 is 0 Å². The molecule has 0 spiro atoms. The van der Waals surface area contributed by atoms with Crippen LogP contribution in [-0.4, -0.2) is 12.6 Å². The smallest absolute Gasteiger partial charge is 0.319 e. The van der Waals surface area contributed by atoms with Gasteiger partial charge in [0.05, 0.1) is 0 Å². The van der Waals surface area contributed by atoms with Gasteiger partial charge >= 0.3 is 6.03 Å². The molecule has 0 saturated heterocycles. The molecule has 88 valence electrons. The van der Waals surface area contributed by atoms with E-state index in [-0.39, 0.29) is 6.03 Å². The van der Waals surface area contributed by atoms with E-state index in [0.29, 0.717) is 12.5 Å². The monoisotopic (exact) mass is 220 g/mol. The van der Waals surface area contributed by atoms with E-state index in [0.717, 1.165) is 11.3 Å². The van der Waals surface area contributed by atoms with Gasteiger partial charge in [-0.3, -0.25) is 0 Å². The van der Waals surface area contributed by atoms with Crippen molar-refractivity contribution in [3.63, 3.8) is 0 Å². The van der Waals surface area contributed by atoms with Crippen LogP contribution in [0.25, 0.3) is 0 Å². The molecule has 0 aliphatic heterocycles. The summed E-state index contributed by atoms with van der Waals surface area (Å²) in [4.78, 5) is 11.5. The number of benzene rings is 1. The predicted octanol–water partition coefficient (Wildman–Crippen LogP) is 3.08. The molecule has 2 amide bonds. The van der Waals surface area contributed by atoms with E-state index in [2.05, 4.69) is 30.5 Å². The van der Waals surface area contributed by atoms with Gasteiger partial charge in [0, 0.05) is 12.2 Å². The van der Waals surface area contributed by atoms with E-state index in [1.165, 1.54) is 5.56 Å². The van der Waals surface area contributed by atoms with Gasteiger partial charge in [0.25, 0.3) is 0 Å². The Hall–Kier alpha value is -1.51. The Bertz CT molecular complexity index is 372. The molecule has 0 aliphatic rings. The first kappa shape index (κ1) is 12.6. The van der Waals surface area contributed by atoms with Crippen molar-refractivity contribution in [1.82, 2.24) is 5.32 Å². The summed E-state index contributed by atoms with van der Waals surface area (Å²) in [6.07, 6.45) is 0. The SMILES string of the molecule is Cc1ccc(NC(=O)NCC(C)C)c(C)c1. The molecule has 0 fully saturated rings. The molecule has 0 radical (unpaired) electrons. The Balaban J connectivity index is 2.56. The molecular formula is C13H20N2O. The van der Waals surface area contributed by atoms with Crippen LogP contribution < -0.4 is 10.6 Å². The van der Waals surface area contributed by atoms with Crippen molar-refractivity contribution >= 4 is 11.7 Å². The number of hydrogen-bond acceptors (Lipinski definition) is 1. The van der Waals surface area contributed by atoms with Crippen LogP contribution in [0.15, 0.2) is 18.2 Å². The average molecular weight is 220 g/mol. The number of amides is 2. The van der Waals surface area contributed by atoms with Gasteiger partial charge in [0.1, 0.15) is 0 Å². The second-order valence-electron chi connectivity index (χ2n) is 4.55. The molecule has 0 heterocycles. The van der Waals surface area contributed by atoms with Crippen molar-refractivity contribution in [2.45, 2.75) is 27.7 Å². The summed E-state index contributed by atoms with van der Waals surface area (Å²) in [5, 5.41) is 5.67. The second-order valence-corrected chi connectivity index (χ2v) is 4.55. The molecule has 0 bridgehead atoms. The van der Waals surface area contributed by atoms with E-state index in [9.17, 15) is 4.79 Å². The molecule has 0 atom stereocenters. The normalized spacial score (nSPS) is 10.3. The van der Waals surface area contributed by atoms with Crippen LogP contribution in [0, 0.1) is 19.8 Å². The first-order chi connectivity index (χ1) is 7.49. The van der Waals surface area contributed by atoms with Gasteiger partial charge in [-0.15, -0.1) is 0 Å². The summed E-state index contributed by atoms with van der Waals surface area (Å²) in [6.45, 7) is 8.85. The highest BCUT2D eigenvalue weighted by Gasteiger charge is 2.04.